The van der Waals surface area contributed by atoms with Gasteiger partial charge in [-0.25, -0.2) is 0 Å². The van der Waals surface area contributed by atoms with E-state index in [1.807, 2.05) is 13.8 Å². The molecule has 2 aromatic carbocycles. The molecule has 1 unspecified atom stereocenters. The Morgan fingerprint density at radius 1 is 1.18 bits per heavy atom. The lowest BCUT2D eigenvalue weighted by Crippen LogP contribution is -2.24. The van der Waals surface area contributed by atoms with Crippen molar-refractivity contribution >= 4 is 12.0 Å². The average Bonchev–Trinajstić information content (AvgIpc) is 3.13. The molecule has 0 aliphatic carbocycles. The van der Waals surface area contributed by atoms with Gasteiger partial charge in [0.05, 0.1) is 24.4 Å². The van der Waals surface area contributed by atoms with Crippen LogP contribution in [0.2, 0.25) is 0 Å². The van der Waals surface area contributed by atoms with Gasteiger partial charge in [-0.3, -0.25) is 4.79 Å². The summed E-state index contributed by atoms with van der Waals surface area (Å²) >= 11 is 0. The van der Waals surface area contributed by atoms with Crippen LogP contribution in [-0.4, -0.2) is 24.8 Å². The maximum Gasteiger partial charge on any atom is 0.387 e. The first-order valence-corrected chi connectivity index (χ1v) is 10.5. The number of nitrogens with one attached hydrogen (secondary N) is 1. The summed E-state index contributed by atoms with van der Waals surface area (Å²) in [6, 6.07) is 11.1. The van der Waals surface area contributed by atoms with E-state index in [1.54, 1.807) is 43.3 Å². The number of rotatable bonds is 10. The van der Waals surface area contributed by atoms with Crippen LogP contribution in [0.3, 0.4) is 0 Å². The summed E-state index contributed by atoms with van der Waals surface area (Å²) in [7, 11) is 1.53. The Hall–Kier alpha value is -3.88. The largest absolute Gasteiger partial charge is 0.493 e. The molecule has 1 heterocycles. The second-order valence-electron chi connectivity index (χ2n) is 7.52. The van der Waals surface area contributed by atoms with Crippen LogP contribution in [0.15, 0.2) is 53.1 Å². The molecule has 0 aliphatic heterocycles. The highest BCUT2D eigenvalue weighted by atomic mass is 19.3. The molecule has 180 valence electrons. The number of halogens is 2. The molecule has 0 bridgehead atoms. The predicted molar refractivity (Wildman–Crippen MR) is 122 cm³/mol. The molecule has 1 atom stereocenters. The number of hydrogen-bond donors (Lipinski definition) is 1. The van der Waals surface area contributed by atoms with E-state index in [9.17, 15) is 13.6 Å². The van der Waals surface area contributed by atoms with Crippen molar-refractivity contribution in [3.05, 3.63) is 76.7 Å². The van der Waals surface area contributed by atoms with Gasteiger partial charge in [0.15, 0.2) is 11.5 Å². The SMILES string of the molecule is COc1cc(C=CC(=O)NC(C)c2cccc(OC(F)F)c2)ccc1OCc1c(C)noc1C. The fourth-order valence-corrected chi connectivity index (χ4v) is 3.24. The van der Waals surface area contributed by atoms with Gasteiger partial charge in [0, 0.05) is 6.08 Å². The van der Waals surface area contributed by atoms with Crippen LogP contribution in [0, 0.1) is 13.8 Å². The van der Waals surface area contributed by atoms with E-state index in [-0.39, 0.29) is 18.3 Å². The number of carbonyl (C=O) groups is 1. The Balaban J connectivity index is 1.61. The summed E-state index contributed by atoms with van der Waals surface area (Å²) in [5, 5.41) is 6.71. The van der Waals surface area contributed by atoms with Crippen LogP contribution >= 0.6 is 0 Å². The first kappa shape index (κ1) is 24.8. The molecule has 0 radical (unpaired) electrons. The van der Waals surface area contributed by atoms with Gasteiger partial charge in [-0.15, -0.1) is 0 Å². The zero-order valence-electron chi connectivity index (χ0n) is 19.3. The summed E-state index contributed by atoms with van der Waals surface area (Å²) < 4.78 is 45.7. The Morgan fingerprint density at radius 3 is 2.65 bits per heavy atom. The van der Waals surface area contributed by atoms with Crippen LogP contribution in [0.1, 0.15) is 41.1 Å². The normalized spacial score (nSPS) is 12.1. The third-order valence-electron chi connectivity index (χ3n) is 5.11. The summed E-state index contributed by atoms with van der Waals surface area (Å²) in [4.78, 5) is 12.4. The van der Waals surface area contributed by atoms with Crippen molar-refractivity contribution in [1.29, 1.82) is 0 Å². The number of ether oxygens (including phenoxy) is 3. The summed E-state index contributed by atoms with van der Waals surface area (Å²) in [5.41, 5.74) is 3.02. The molecule has 1 N–H and O–H groups in total. The van der Waals surface area contributed by atoms with Gasteiger partial charge in [0.1, 0.15) is 18.1 Å². The molecule has 34 heavy (non-hydrogen) atoms. The second-order valence-corrected chi connectivity index (χ2v) is 7.52. The lowest BCUT2D eigenvalue weighted by molar-refractivity contribution is -0.117. The molecule has 0 fully saturated rings. The van der Waals surface area contributed by atoms with E-state index in [1.165, 1.54) is 25.3 Å². The number of carbonyl (C=O) groups excluding carboxylic acids is 1. The number of hydrogen-bond acceptors (Lipinski definition) is 6. The molecule has 3 aromatic rings. The number of aryl methyl sites for hydroxylation is 2. The summed E-state index contributed by atoms with van der Waals surface area (Å²) in [6.07, 6.45) is 3.02. The first-order valence-electron chi connectivity index (χ1n) is 10.5. The van der Waals surface area contributed by atoms with Crippen LogP contribution in [0.25, 0.3) is 6.08 Å². The molecule has 3 rings (SSSR count). The Morgan fingerprint density at radius 2 is 1.97 bits per heavy atom. The Bertz CT molecular complexity index is 1140. The van der Waals surface area contributed by atoms with E-state index in [0.717, 1.165) is 16.8 Å². The topological polar surface area (TPSA) is 82.8 Å². The average molecular weight is 472 g/mol. The van der Waals surface area contributed by atoms with E-state index < -0.39 is 12.7 Å². The molecule has 0 saturated carbocycles. The van der Waals surface area contributed by atoms with Crippen LogP contribution in [0.5, 0.6) is 17.2 Å². The molecular formula is C25H26F2N2O5. The summed E-state index contributed by atoms with van der Waals surface area (Å²) in [5.74, 6) is 1.45. The van der Waals surface area contributed by atoms with Gasteiger partial charge in [-0.05, 0) is 62.2 Å². The van der Waals surface area contributed by atoms with Gasteiger partial charge in [0.25, 0.3) is 0 Å². The highest BCUT2D eigenvalue weighted by molar-refractivity contribution is 5.92. The van der Waals surface area contributed by atoms with Gasteiger partial charge in [-0.1, -0.05) is 23.4 Å². The smallest absolute Gasteiger partial charge is 0.387 e. The van der Waals surface area contributed by atoms with Gasteiger partial charge < -0.3 is 24.1 Å². The number of amides is 1. The van der Waals surface area contributed by atoms with E-state index >= 15 is 0 Å². The van der Waals surface area contributed by atoms with Crippen molar-refractivity contribution in [2.45, 2.75) is 40.0 Å². The monoisotopic (exact) mass is 472 g/mol. The minimum atomic E-state index is -2.91. The highest BCUT2D eigenvalue weighted by Crippen LogP contribution is 2.30. The van der Waals surface area contributed by atoms with Crippen LogP contribution in [-0.2, 0) is 11.4 Å². The van der Waals surface area contributed by atoms with Crippen molar-refractivity contribution in [1.82, 2.24) is 10.5 Å². The van der Waals surface area contributed by atoms with Crippen molar-refractivity contribution in [2.24, 2.45) is 0 Å². The molecule has 7 nitrogen and oxygen atoms in total. The first-order chi connectivity index (χ1) is 16.3. The van der Waals surface area contributed by atoms with E-state index in [2.05, 4.69) is 15.2 Å². The maximum atomic E-state index is 12.4. The quantitative estimate of drug-likeness (QED) is 0.400. The standard InChI is InChI=1S/C25H26F2N2O5/c1-15(19-6-5-7-20(13-19)33-25(26)27)28-24(30)11-9-18-8-10-22(23(12-18)31-4)32-14-21-16(2)29-34-17(21)3/h5-13,15,25H,14H2,1-4H3,(H,28,30). The molecule has 1 aromatic heterocycles. The Kier molecular flexibility index (Phi) is 8.24. The third-order valence-corrected chi connectivity index (χ3v) is 5.11. The maximum absolute atomic E-state index is 12.4. The number of alkyl halides is 2. The van der Waals surface area contributed by atoms with Crippen molar-refractivity contribution < 1.29 is 32.3 Å². The molecule has 0 spiro atoms. The molecule has 9 heteroatoms. The molecule has 0 aliphatic rings. The van der Waals surface area contributed by atoms with Gasteiger partial charge in [0.2, 0.25) is 5.91 Å². The minimum absolute atomic E-state index is 0.0351. The van der Waals surface area contributed by atoms with Gasteiger partial charge in [-0.2, -0.15) is 8.78 Å². The number of nitrogens with zero attached hydrogens (tertiary/aromatic N) is 1. The van der Waals surface area contributed by atoms with Crippen LogP contribution in [0.4, 0.5) is 8.78 Å². The van der Waals surface area contributed by atoms with Crippen LogP contribution < -0.4 is 19.5 Å². The molecule has 1 amide bonds. The lowest BCUT2D eigenvalue weighted by Gasteiger charge is -2.14. The zero-order chi connectivity index (χ0) is 24.7. The van der Waals surface area contributed by atoms with E-state index in [4.69, 9.17) is 14.0 Å². The number of aromatic nitrogens is 1. The zero-order valence-corrected chi connectivity index (χ0v) is 19.3. The number of methoxy groups -OCH3 is 1. The molecular weight excluding hydrogens is 446 g/mol. The fraction of sp³-hybridized carbons (Fsp3) is 0.280. The van der Waals surface area contributed by atoms with Crippen molar-refractivity contribution in [3.8, 4) is 17.2 Å². The lowest BCUT2D eigenvalue weighted by atomic mass is 10.1. The van der Waals surface area contributed by atoms with Crippen molar-refractivity contribution in [2.75, 3.05) is 7.11 Å². The predicted octanol–water partition coefficient (Wildman–Crippen LogP) is 5.37. The summed E-state index contributed by atoms with van der Waals surface area (Å²) in [6.45, 7) is 2.80. The second kappa shape index (κ2) is 11.3. The minimum Gasteiger partial charge on any atom is -0.493 e. The van der Waals surface area contributed by atoms with Crippen molar-refractivity contribution in [3.63, 3.8) is 0 Å². The highest BCUT2D eigenvalue weighted by Gasteiger charge is 2.13. The Labute approximate surface area is 196 Å². The third kappa shape index (κ3) is 6.57. The molecule has 0 saturated heterocycles. The van der Waals surface area contributed by atoms with E-state index in [0.29, 0.717) is 22.8 Å². The number of benzene rings is 2. The van der Waals surface area contributed by atoms with Gasteiger partial charge >= 0.3 is 6.61 Å². The fourth-order valence-electron chi connectivity index (χ4n) is 3.24.